The maximum atomic E-state index is 12.2. The van der Waals surface area contributed by atoms with Crippen molar-refractivity contribution < 1.29 is 8.42 Å². The predicted octanol–water partition coefficient (Wildman–Crippen LogP) is 2.71. The predicted molar refractivity (Wildman–Crippen MR) is 86.3 cm³/mol. The summed E-state index contributed by atoms with van der Waals surface area (Å²) in [5.74, 6) is 0. The van der Waals surface area contributed by atoms with Crippen LogP contribution in [0, 0.1) is 0 Å². The van der Waals surface area contributed by atoms with Crippen molar-refractivity contribution in [2.45, 2.75) is 42.9 Å². The summed E-state index contributed by atoms with van der Waals surface area (Å²) in [5, 5.41) is 1.78. The molecule has 2 heterocycles. The Morgan fingerprint density at radius 2 is 1.95 bits per heavy atom. The Kier molecular flexibility index (Phi) is 6.47. The minimum Gasteiger partial charge on any atom is -0.301 e. The van der Waals surface area contributed by atoms with Gasteiger partial charge in [-0.15, -0.1) is 23.7 Å². The summed E-state index contributed by atoms with van der Waals surface area (Å²) >= 11 is 1.25. The molecule has 0 radical (unpaired) electrons. The average molecular weight is 339 g/mol. The molecule has 4 nitrogen and oxygen atoms in total. The Bertz CT molecular complexity index is 494. The van der Waals surface area contributed by atoms with E-state index in [1.54, 1.807) is 17.5 Å². The highest BCUT2D eigenvalue weighted by Gasteiger charge is 2.29. The van der Waals surface area contributed by atoms with Gasteiger partial charge in [0.1, 0.15) is 4.21 Å². The monoisotopic (exact) mass is 338 g/mol. The third-order valence-corrected chi connectivity index (χ3v) is 6.33. The number of hydrogen-bond donors (Lipinski definition) is 1. The topological polar surface area (TPSA) is 49.4 Å². The van der Waals surface area contributed by atoms with E-state index in [1.807, 2.05) is 13.8 Å². The molecule has 1 fully saturated rings. The first-order valence-electron chi connectivity index (χ1n) is 6.69. The van der Waals surface area contributed by atoms with Crippen LogP contribution >= 0.6 is 23.7 Å². The van der Waals surface area contributed by atoms with Gasteiger partial charge in [-0.05, 0) is 51.2 Å². The van der Waals surface area contributed by atoms with Crippen molar-refractivity contribution in [3.05, 3.63) is 17.5 Å². The van der Waals surface area contributed by atoms with Crippen molar-refractivity contribution in [2.75, 3.05) is 19.6 Å². The maximum absolute atomic E-state index is 12.2. The molecule has 116 valence electrons. The summed E-state index contributed by atoms with van der Waals surface area (Å²) in [6, 6.07) is 3.40. The van der Waals surface area contributed by atoms with E-state index < -0.39 is 15.6 Å². The molecular weight excluding hydrogens is 316 g/mol. The first kappa shape index (κ1) is 17.9. The zero-order chi connectivity index (χ0) is 13.9. The zero-order valence-electron chi connectivity index (χ0n) is 12.0. The van der Waals surface area contributed by atoms with E-state index in [4.69, 9.17) is 0 Å². The first-order valence-corrected chi connectivity index (χ1v) is 9.05. The lowest BCUT2D eigenvalue weighted by molar-refractivity contribution is 0.184. The van der Waals surface area contributed by atoms with Gasteiger partial charge >= 0.3 is 0 Å². The highest BCUT2D eigenvalue weighted by atomic mass is 35.5. The van der Waals surface area contributed by atoms with Gasteiger partial charge in [-0.1, -0.05) is 12.5 Å². The van der Waals surface area contributed by atoms with Gasteiger partial charge in [0.25, 0.3) is 10.0 Å². The summed E-state index contributed by atoms with van der Waals surface area (Å²) in [5.41, 5.74) is -0.444. The standard InChI is InChI=1S/C13H22N2O2S2.ClH/c1-13(2,11-15-8-4-3-5-9-15)14-19(16,17)12-7-6-10-18-12;/h6-7,10,14H,3-5,8-9,11H2,1-2H3;1H. The Labute approximate surface area is 132 Å². The fourth-order valence-corrected chi connectivity index (χ4v) is 4.94. The second kappa shape index (κ2) is 7.22. The van der Waals surface area contributed by atoms with Crippen molar-refractivity contribution >= 4 is 33.8 Å². The molecule has 1 aromatic heterocycles. The van der Waals surface area contributed by atoms with E-state index in [0.29, 0.717) is 4.21 Å². The SMILES string of the molecule is CC(C)(CN1CCCCC1)NS(=O)(=O)c1cccs1.Cl. The molecule has 1 aliphatic rings. The van der Waals surface area contributed by atoms with Crippen LogP contribution < -0.4 is 4.72 Å². The largest absolute Gasteiger partial charge is 0.301 e. The van der Waals surface area contributed by atoms with Crippen LogP contribution in [0.1, 0.15) is 33.1 Å². The van der Waals surface area contributed by atoms with Gasteiger partial charge in [0.2, 0.25) is 0 Å². The van der Waals surface area contributed by atoms with Crippen LogP contribution in [0.5, 0.6) is 0 Å². The second-order valence-corrected chi connectivity index (χ2v) is 8.62. The van der Waals surface area contributed by atoms with E-state index >= 15 is 0 Å². The molecule has 7 heteroatoms. The second-order valence-electron chi connectivity index (χ2n) is 5.76. The van der Waals surface area contributed by atoms with E-state index in [2.05, 4.69) is 9.62 Å². The van der Waals surface area contributed by atoms with E-state index in [-0.39, 0.29) is 12.4 Å². The number of nitrogens with one attached hydrogen (secondary N) is 1. The Balaban J connectivity index is 0.00000200. The van der Waals surface area contributed by atoms with Crippen molar-refractivity contribution in [2.24, 2.45) is 0 Å². The van der Waals surface area contributed by atoms with Crippen LogP contribution in [0.2, 0.25) is 0 Å². The van der Waals surface area contributed by atoms with Crippen LogP contribution in [-0.4, -0.2) is 38.5 Å². The van der Waals surface area contributed by atoms with Crippen LogP contribution in [0.4, 0.5) is 0 Å². The van der Waals surface area contributed by atoms with Crippen molar-refractivity contribution in [3.8, 4) is 0 Å². The number of piperidine rings is 1. The molecule has 0 atom stereocenters. The summed E-state index contributed by atoms with van der Waals surface area (Å²) in [4.78, 5) is 2.35. The molecule has 1 aliphatic heterocycles. The van der Waals surface area contributed by atoms with Gasteiger partial charge in [0, 0.05) is 12.1 Å². The molecular formula is C13H23ClN2O2S2. The molecule has 0 spiro atoms. The number of hydrogen-bond acceptors (Lipinski definition) is 4. The van der Waals surface area contributed by atoms with Gasteiger partial charge in [0.05, 0.1) is 0 Å². The van der Waals surface area contributed by atoms with E-state index in [1.165, 1.54) is 30.6 Å². The highest BCUT2D eigenvalue weighted by molar-refractivity contribution is 7.91. The van der Waals surface area contributed by atoms with Crippen LogP contribution in [0.25, 0.3) is 0 Å². The number of nitrogens with zero attached hydrogens (tertiary/aromatic N) is 1. The highest BCUT2D eigenvalue weighted by Crippen LogP contribution is 2.19. The Hall–Kier alpha value is -0.140. The lowest BCUT2D eigenvalue weighted by Crippen LogP contribution is -2.52. The average Bonchev–Trinajstić information content (AvgIpc) is 2.81. The zero-order valence-corrected chi connectivity index (χ0v) is 14.4. The molecule has 0 aromatic carbocycles. The molecule has 1 aromatic rings. The number of rotatable bonds is 5. The lowest BCUT2D eigenvalue weighted by Gasteiger charge is -2.35. The van der Waals surface area contributed by atoms with Crippen molar-refractivity contribution in [1.82, 2.24) is 9.62 Å². The van der Waals surface area contributed by atoms with Crippen molar-refractivity contribution in [3.63, 3.8) is 0 Å². The molecule has 0 aliphatic carbocycles. The molecule has 0 unspecified atom stereocenters. The fourth-order valence-electron chi connectivity index (χ4n) is 2.54. The van der Waals surface area contributed by atoms with E-state index in [0.717, 1.165) is 19.6 Å². The van der Waals surface area contributed by atoms with E-state index in [9.17, 15) is 8.42 Å². The third-order valence-electron chi connectivity index (χ3n) is 3.24. The third kappa shape index (κ3) is 5.00. The lowest BCUT2D eigenvalue weighted by atomic mass is 10.0. The van der Waals surface area contributed by atoms with Crippen LogP contribution in [-0.2, 0) is 10.0 Å². The summed E-state index contributed by atoms with van der Waals surface area (Å²) < 4.78 is 27.7. The number of likely N-dealkylation sites (tertiary alicyclic amines) is 1. The molecule has 0 saturated carbocycles. The van der Waals surface area contributed by atoms with Crippen LogP contribution in [0.15, 0.2) is 21.7 Å². The summed E-state index contributed by atoms with van der Waals surface area (Å²) in [6.45, 7) is 6.81. The number of halogens is 1. The maximum Gasteiger partial charge on any atom is 0.250 e. The molecule has 1 N–H and O–H groups in total. The van der Waals surface area contributed by atoms with Gasteiger partial charge in [-0.2, -0.15) is 0 Å². The van der Waals surface area contributed by atoms with Gasteiger partial charge < -0.3 is 4.90 Å². The molecule has 1 saturated heterocycles. The minimum absolute atomic E-state index is 0. The minimum atomic E-state index is -3.38. The quantitative estimate of drug-likeness (QED) is 0.898. The van der Waals surface area contributed by atoms with Gasteiger partial charge in [0.15, 0.2) is 0 Å². The number of sulfonamides is 1. The smallest absolute Gasteiger partial charge is 0.250 e. The molecule has 2 rings (SSSR count). The molecule has 0 amide bonds. The fraction of sp³-hybridized carbons (Fsp3) is 0.692. The Morgan fingerprint density at radius 1 is 1.30 bits per heavy atom. The van der Waals surface area contributed by atoms with Crippen LogP contribution in [0.3, 0.4) is 0 Å². The molecule has 20 heavy (non-hydrogen) atoms. The summed E-state index contributed by atoms with van der Waals surface area (Å²) in [7, 11) is -3.38. The number of thiophene rings is 1. The molecule has 0 bridgehead atoms. The van der Waals surface area contributed by atoms with Gasteiger partial charge in [-0.3, -0.25) is 0 Å². The first-order chi connectivity index (χ1) is 8.89. The normalized spacial score (nSPS) is 17.7. The van der Waals surface area contributed by atoms with Gasteiger partial charge in [-0.25, -0.2) is 13.1 Å². The summed E-state index contributed by atoms with van der Waals surface area (Å²) in [6.07, 6.45) is 3.72. The Morgan fingerprint density at radius 3 is 2.50 bits per heavy atom. The van der Waals surface area contributed by atoms with Crippen molar-refractivity contribution in [1.29, 1.82) is 0 Å².